The van der Waals surface area contributed by atoms with Gasteiger partial charge in [0.05, 0.1) is 23.9 Å². The van der Waals surface area contributed by atoms with Gasteiger partial charge in [-0.1, -0.05) is 18.2 Å². The monoisotopic (exact) mass is 569 g/mol. The molecule has 0 aliphatic rings. The van der Waals surface area contributed by atoms with Crippen molar-refractivity contribution < 1.29 is 47.0 Å². The summed E-state index contributed by atoms with van der Waals surface area (Å²) in [5.74, 6) is -4.80. The number of rotatable bonds is 13. The standard InChI is InChI=1S/C24H26F3N5O8/c1-15-8-9-16(12-18(15)32(37)38)17(13-22(35)39-40-23(36)24(25,26)27)31-21(34)14-30-20(33)7-3-5-11-29-19-6-2-4-10-28-19/h2,4,6,8-10,12,17H,3,5,7,11,13-14H2,1H3,(H,28,29)(H,30,33)(H,31,34). The first-order chi connectivity index (χ1) is 18.9. The van der Waals surface area contributed by atoms with Gasteiger partial charge in [-0.3, -0.25) is 19.7 Å². The van der Waals surface area contributed by atoms with Crippen LogP contribution in [0, 0.1) is 17.0 Å². The predicted molar refractivity (Wildman–Crippen MR) is 131 cm³/mol. The highest BCUT2D eigenvalue weighted by atomic mass is 19.4. The van der Waals surface area contributed by atoms with Gasteiger partial charge in [0.25, 0.3) is 5.69 Å². The van der Waals surface area contributed by atoms with E-state index in [1.807, 2.05) is 6.07 Å². The number of aryl methyl sites for hydroxylation is 1. The van der Waals surface area contributed by atoms with Crippen molar-refractivity contribution >= 4 is 35.3 Å². The highest BCUT2D eigenvalue weighted by Crippen LogP contribution is 2.26. The number of carbonyl (C=O) groups excluding carboxylic acids is 4. The zero-order valence-corrected chi connectivity index (χ0v) is 21.2. The lowest BCUT2D eigenvalue weighted by atomic mass is 10.0. The average molecular weight is 569 g/mol. The molecule has 2 rings (SSSR count). The molecule has 0 fully saturated rings. The van der Waals surface area contributed by atoms with Crippen LogP contribution in [-0.2, 0) is 29.0 Å². The van der Waals surface area contributed by atoms with Crippen LogP contribution in [0.2, 0.25) is 0 Å². The molecule has 0 spiro atoms. The van der Waals surface area contributed by atoms with E-state index in [0.29, 0.717) is 25.2 Å². The Labute approximate surface area is 225 Å². The van der Waals surface area contributed by atoms with Gasteiger partial charge in [-0.25, -0.2) is 24.3 Å². The second-order valence-corrected chi connectivity index (χ2v) is 8.33. The second kappa shape index (κ2) is 15.0. The number of pyridine rings is 1. The maximum absolute atomic E-state index is 12.5. The molecule has 3 N–H and O–H groups in total. The fourth-order valence-electron chi connectivity index (χ4n) is 3.23. The number of nitrogens with zero attached hydrogens (tertiary/aromatic N) is 2. The Bertz CT molecular complexity index is 1210. The molecule has 0 saturated heterocycles. The van der Waals surface area contributed by atoms with Crippen LogP contribution in [0.3, 0.4) is 0 Å². The van der Waals surface area contributed by atoms with E-state index in [4.69, 9.17) is 0 Å². The molecule has 1 aromatic heterocycles. The molecule has 1 atom stereocenters. The number of nitro benzene ring substituents is 1. The maximum Gasteiger partial charge on any atom is 0.495 e. The average Bonchev–Trinajstić information content (AvgIpc) is 2.90. The molecule has 0 radical (unpaired) electrons. The Balaban J connectivity index is 1.92. The van der Waals surface area contributed by atoms with Gasteiger partial charge < -0.3 is 16.0 Å². The summed E-state index contributed by atoms with van der Waals surface area (Å²) in [6.45, 7) is 1.50. The van der Waals surface area contributed by atoms with Crippen LogP contribution in [-0.4, -0.2) is 52.9 Å². The summed E-state index contributed by atoms with van der Waals surface area (Å²) in [5, 5.41) is 19.1. The number of halogens is 3. The highest BCUT2D eigenvalue weighted by molar-refractivity contribution is 5.85. The molecule has 16 heteroatoms. The minimum atomic E-state index is -5.42. The van der Waals surface area contributed by atoms with Gasteiger partial charge in [-0.15, -0.1) is 0 Å². The number of nitrogens with one attached hydrogen (secondary N) is 3. The smallest absolute Gasteiger partial charge is 0.370 e. The van der Waals surface area contributed by atoms with Crippen LogP contribution in [0.5, 0.6) is 0 Å². The zero-order chi connectivity index (χ0) is 29.7. The van der Waals surface area contributed by atoms with Gasteiger partial charge in [0.2, 0.25) is 11.8 Å². The number of amides is 2. The molecule has 216 valence electrons. The molecule has 13 nitrogen and oxygen atoms in total. The largest absolute Gasteiger partial charge is 0.495 e. The first kappa shape index (κ1) is 31.5. The van der Waals surface area contributed by atoms with Crippen molar-refractivity contribution in [2.75, 3.05) is 18.4 Å². The van der Waals surface area contributed by atoms with Crippen LogP contribution in [0.1, 0.15) is 42.9 Å². The van der Waals surface area contributed by atoms with Crippen LogP contribution < -0.4 is 16.0 Å². The highest BCUT2D eigenvalue weighted by Gasteiger charge is 2.43. The molecule has 0 bridgehead atoms. The molecule has 2 amide bonds. The number of aromatic nitrogens is 1. The van der Waals surface area contributed by atoms with E-state index < -0.39 is 53.9 Å². The minimum Gasteiger partial charge on any atom is -0.370 e. The number of unbranched alkanes of at least 4 members (excludes halogenated alkanes) is 1. The number of benzene rings is 1. The predicted octanol–water partition coefficient (Wildman–Crippen LogP) is 2.81. The van der Waals surface area contributed by atoms with Crippen molar-refractivity contribution in [1.82, 2.24) is 15.6 Å². The van der Waals surface area contributed by atoms with Crippen LogP contribution >= 0.6 is 0 Å². The number of hydrogen-bond acceptors (Lipinski definition) is 10. The Hall–Kier alpha value is -4.76. The van der Waals surface area contributed by atoms with Crippen molar-refractivity contribution in [3.8, 4) is 0 Å². The molecule has 1 heterocycles. The first-order valence-corrected chi connectivity index (χ1v) is 11.8. The van der Waals surface area contributed by atoms with Crippen LogP contribution in [0.25, 0.3) is 0 Å². The molecule has 0 saturated carbocycles. The van der Waals surface area contributed by atoms with E-state index in [1.165, 1.54) is 19.1 Å². The van der Waals surface area contributed by atoms with E-state index in [9.17, 15) is 42.5 Å². The fourth-order valence-corrected chi connectivity index (χ4v) is 3.23. The molecule has 1 unspecified atom stereocenters. The van der Waals surface area contributed by atoms with Gasteiger partial charge in [-0.2, -0.15) is 13.2 Å². The topological polar surface area (TPSA) is 179 Å². The fraction of sp³-hybridized carbons (Fsp3) is 0.375. The number of anilines is 1. The molecule has 1 aromatic carbocycles. The van der Waals surface area contributed by atoms with Gasteiger partial charge in [-0.05, 0) is 37.5 Å². The number of carbonyl (C=O) groups is 4. The van der Waals surface area contributed by atoms with Crippen LogP contribution in [0.4, 0.5) is 24.7 Å². The molecule has 0 aliphatic heterocycles. The number of hydrogen-bond donors (Lipinski definition) is 3. The third-order valence-corrected chi connectivity index (χ3v) is 5.23. The third kappa shape index (κ3) is 10.9. The summed E-state index contributed by atoms with van der Waals surface area (Å²) in [4.78, 5) is 69.4. The van der Waals surface area contributed by atoms with Crippen molar-refractivity contribution in [3.05, 3.63) is 63.8 Å². The second-order valence-electron chi connectivity index (χ2n) is 8.33. The van der Waals surface area contributed by atoms with Crippen LogP contribution in [0.15, 0.2) is 42.6 Å². The van der Waals surface area contributed by atoms with E-state index in [1.54, 1.807) is 18.3 Å². The molecular weight excluding hydrogens is 543 g/mol. The molecular formula is C24H26F3N5O8. The summed E-state index contributed by atoms with van der Waals surface area (Å²) < 4.78 is 36.8. The Morgan fingerprint density at radius 3 is 2.48 bits per heavy atom. The zero-order valence-electron chi connectivity index (χ0n) is 21.2. The van der Waals surface area contributed by atoms with E-state index in [0.717, 1.165) is 6.07 Å². The Morgan fingerprint density at radius 1 is 1.07 bits per heavy atom. The number of alkyl halides is 3. The lowest BCUT2D eigenvalue weighted by molar-refractivity contribution is -0.385. The Morgan fingerprint density at radius 2 is 1.82 bits per heavy atom. The minimum absolute atomic E-state index is 0.0384. The molecule has 2 aromatic rings. The quantitative estimate of drug-likeness (QED) is 0.141. The lowest BCUT2D eigenvalue weighted by Gasteiger charge is -2.19. The molecule has 40 heavy (non-hydrogen) atoms. The summed E-state index contributed by atoms with van der Waals surface area (Å²) >= 11 is 0. The van der Waals surface area contributed by atoms with E-state index >= 15 is 0 Å². The Kier molecular flexibility index (Phi) is 11.8. The number of nitro groups is 1. The summed E-state index contributed by atoms with van der Waals surface area (Å²) in [7, 11) is 0. The van der Waals surface area contributed by atoms with Crippen molar-refractivity contribution in [2.24, 2.45) is 0 Å². The van der Waals surface area contributed by atoms with Crippen molar-refractivity contribution in [1.29, 1.82) is 0 Å². The van der Waals surface area contributed by atoms with Gasteiger partial charge in [0, 0.05) is 30.8 Å². The SMILES string of the molecule is Cc1ccc(C(CC(=O)OOC(=O)C(F)(F)F)NC(=O)CNC(=O)CCCCNc2ccccn2)cc1[N+](=O)[O-]. The van der Waals surface area contributed by atoms with Gasteiger partial charge >= 0.3 is 18.1 Å². The molecule has 0 aliphatic carbocycles. The summed E-state index contributed by atoms with van der Waals surface area (Å²) in [6.07, 6.45) is -3.37. The first-order valence-electron chi connectivity index (χ1n) is 11.8. The normalized spacial score (nSPS) is 11.6. The van der Waals surface area contributed by atoms with Crippen molar-refractivity contribution in [3.63, 3.8) is 0 Å². The van der Waals surface area contributed by atoms with Crippen molar-refractivity contribution in [2.45, 2.75) is 44.8 Å². The van der Waals surface area contributed by atoms with Gasteiger partial charge in [0.15, 0.2) is 0 Å². The lowest BCUT2D eigenvalue weighted by Crippen LogP contribution is -2.39. The maximum atomic E-state index is 12.5. The van der Waals surface area contributed by atoms with E-state index in [2.05, 4.69) is 30.7 Å². The van der Waals surface area contributed by atoms with E-state index in [-0.39, 0.29) is 23.2 Å². The summed E-state index contributed by atoms with van der Waals surface area (Å²) in [5.41, 5.74) is -0.0426. The summed E-state index contributed by atoms with van der Waals surface area (Å²) in [6, 6.07) is 7.81. The van der Waals surface area contributed by atoms with Gasteiger partial charge in [0.1, 0.15) is 5.82 Å². The third-order valence-electron chi connectivity index (χ3n) is 5.23.